The SMILES string of the molecule is CCOC(=O)c1sc(Br)nc1Cc1ccc(OCC)cc1. The van der Waals surface area contributed by atoms with E-state index in [1.54, 1.807) is 6.92 Å². The third-order valence-corrected chi connectivity index (χ3v) is 4.27. The van der Waals surface area contributed by atoms with E-state index in [-0.39, 0.29) is 5.97 Å². The molecule has 4 nitrogen and oxygen atoms in total. The number of thiazole rings is 1. The molecule has 0 aliphatic rings. The Morgan fingerprint density at radius 2 is 1.95 bits per heavy atom. The van der Waals surface area contributed by atoms with Gasteiger partial charge in [-0.15, -0.1) is 0 Å². The van der Waals surface area contributed by atoms with Crippen molar-refractivity contribution in [2.45, 2.75) is 20.3 Å². The van der Waals surface area contributed by atoms with Gasteiger partial charge < -0.3 is 9.47 Å². The molecule has 0 aliphatic heterocycles. The van der Waals surface area contributed by atoms with Crippen LogP contribution in [-0.2, 0) is 11.2 Å². The summed E-state index contributed by atoms with van der Waals surface area (Å²) in [6.07, 6.45) is 0.586. The molecule has 21 heavy (non-hydrogen) atoms. The van der Waals surface area contributed by atoms with Crippen LogP contribution >= 0.6 is 27.3 Å². The summed E-state index contributed by atoms with van der Waals surface area (Å²) in [6.45, 7) is 4.74. The van der Waals surface area contributed by atoms with Gasteiger partial charge in [-0.1, -0.05) is 23.5 Å². The van der Waals surface area contributed by atoms with Gasteiger partial charge in [0, 0.05) is 6.42 Å². The zero-order valence-electron chi connectivity index (χ0n) is 11.9. The number of ether oxygens (including phenoxy) is 2. The molecule has 0 aliphatic carbocycles. The molecule has 112 valence electrons. The van der Waals surface area contributed by atoms with Crippen LogP contribution in [0.3, 0.4) is 0 Å². The first kappa shape index (κ1) is 16.0. The van der Waals surface area contributed by atoms with E-state index in [2.05, 4.69) is 20.9 Å². The maximum absolute atomic E-state index is 11.9. The second-order valence-electron chi connectivity index (χ2n) is 4.22. The molecule has 1 aromatic heterocycles. The number of carbonyl (C=O) groups excluding carboxylic acids is 1. The molecule has 0 fully saturated rings. The van der Waals surface area contributed by atoms with Gasteiger partial charge in [0.1, 0.15) is 10.6 Å². The van der Waals surface area contributed by atoms with Crippen LogP contribution in [0, 0.1) is 0 Å². The lowest BCUT2D eigenvalue weighted by Gasteiger charge is -2.05. The van der Waals surface area contributed by atoms with E-state index < -0.39 is 0 Å². The molecular weight excluding hydrogens is 354 g/mol. The minimum Gasteiger partial charge on any atom is -0.494 e. The van der Waals surface area contributed by atoms with E-state index in [9.17, 15) is 4.79 Å². The van der Waals surface area contributed by atoms with Crippen LogP contribution in [0.15, 0.2) is 28.2 Å². The van der Waals surface area contributed by atoms with Crippen LogP contribution in [0.1, 0.15) is 34.8 Å². The van der Waals surface area contributed by atoms with Gasteiger partial charge in [-0.2, -0.15) is 0 Å². The standard InChI is InChI=1S/C15H16BrNO3S/c1-3-19-11-7-5-10(6-8-11)9-12-13(14(18)20-4-2)21-15(16)17-12/h5-8H,3-4,9H2,1-2H3. The number of halogens is 1. The van der Waals surface area contributed by atoms with Crippen molar-refractivity contribution in [3.05, 3.63) is 44.3 Å². The third-order valence-electron chi connectivity index (χ3n) is 2.74. The Bertz CT molecular complexity index is 610. The van der Waals surface area contributed by atoms with Crippen LogP contribution in [0.4, 0.5) is 0 Å². The normalized spacial score (nSPS) is 10.4. The molecule has 0 spiro atoms. The molecule has 2 rings (SSSR count). The highest BCUT2D eigenvalue weighted by molar-refractivity contribution is 9.11. The Morgan fingerprint density at radius 3 is 2.57 bits per heavy atom. The van der Waals surface area contributed by atoms with Crippen LogP contribution in [0.5, 0.6) is 5.75 Å². The smallest absolute Gasteiger partial charge is 0.350 e. The van der Waals surface area contributed by atoms with Crippen molar-refractivity contribution in [2.24, 2.45) is 0 Å². The molecule has 6 heteroatoms. The zero-order valence-corrected chi connectivity index (χ0v) is 14.3. The minimum absolute atomic E-state index is 0.318. The second-order valence-corrected chi connectivity index (χ2v) is 6.49. The van der Waals surface area contributed by atoms with Gasteiger partial charge >= 0.3 is 5.97 Å². The first-order valence-corrected chi connectivity index (χ1v) is 8.29. The number of benzene rings is 1. The van der Waals surface area contributed by atoms with Crippen molar-refractivity contribution in [1.29, 1.82) is 0 Å². The average molecular weight is 370 g/mol. The third kappa shape index (κ3) is 4.28. The number of carbonyl (C=O) groups is 1. The van der Waals surface area contributed by atoms with E-state index in [0.717, 1.165) is 17.0 Å². The number of rotatable bonds is 6. The lowest BCUT2D eigenvalue weighted by Crippen LogP contribution is -2.06. The fourth-order valence-corrected chi connectivity index (χ4v) is 3.26. The molecule has 2 aromatic rings. The van der Waals surface area contributed by atoms with E-state index >= 15 is 0 Å². The Morgan fingerprint density at radius 1 is 1.24 bits per heavy atom. The van der Waals surface area contributed by atoms with Crippen molar-refractivity contribution in [3.63, 3.8) is 0 Å². The van der Waals surface area contributed by atoms with Crippen molar-refractivity contribution < 1.29 is 14.3 Å². The monoisotopic (exact) mass is 369 g/mol. The van der Waals surface area contributed by atoms with Crippen molar-refractivity contribution in [2.75, 3.05) is 13.2 Å². The fraction of sp³-hybridized carbons (Fsp3) is 0.333. The summed E-state index contributed by atoms with van der Waals surface area (Å²) in [7, 11) is 0. The number of hydrogen-bond donors (Lipinski definition) is 0. The summed E-state index contributed by atoms with van der Waals surface area (Å²) in [4.78, 5) is 16.8. The predicted octanol–water partition coefficient (Wildman–Crippen LogP) is 4.07. The Kier molecular flexibility index (Phi) is 5.76. The lowest BCUT2D eigenvalue weighted by atomic mass is 10.1. The maximum atomic E-state index is 11.9. The molecule has 0 radical (unpaired) electrons. The highest BCUT2D eigenvalue weighted by Gasteiger charge is 2.18. The second kappa shape index (κ2) is 7.56. The van der Waals surface area contributed by atoms with Gasteiger partial charge in [0.25, 0.3) is 0 Å². The van der Waals surface area contributed by atoms with Crippen LogP contribution in [-0.4, -0.2) is 24.2 Å². The van der Waals surface area contributed by atoms with Gasteiger partial charge in [-0.3, -0.25) is 0 Å². The van der Waals surface area contributed by atoms with Gasteiger partial charge in [-0.05, 0) is 47.5 Å². The minimum atomic E-state index is -0.318. The first-order valence-electron chi connectivity index (χ1n) is 6.68. The summed E-state index contributed by atoms with van der Waals surface area (Å²) in [5.41, 5.74) is 1.80. The zero-order chi connectivity index (χ0) is 15.2. The molecule has 0 bridgehead atoms. The van der Waals surface area contributed by atoms with Gasteiger partial charge in [0.15, 0.2) is 3.92 Å². The largest absolute Gasteiger partial charge is 0.494 e. The van der Waals surface area contributed by atoms with Crippen LogP contribution in [0.2, 0.25) is 0 Å². The number of aromatic nitrogens is 1. The number of nitrogens with zero attached hydrogens (tertiary/aromatic N) is 1. The molecule has 0 saturated carbocycles. The van der Waals surface area contributed by atoms with Crippen molar-refractivity contribution >= 4 is 33.2 Å². The molecular formula is C15H16BrNO3S. The van der Waals surface area contributed by atoms with Crippen molar-refractivity contribution in [3.8, 4) is 5.75 Å². The van der Waals surface area contributed by atoms with Crippen LogP contribution < -0.4 is 4.74 Å². The van der Waals surface area contributed by atoms with E-state index in [1.165, 1.54) is 11.3 Å². The fourth-order valence-electron chi connectivity index (χ4n) is 1.86. The molecule has 0 saturated heterocycles. The number of esters is 1. The molecule has 0 atom stereocenters. The quantitative estimate of drug-likeness (QED) is 0.720. The van der Waals surface area contributed by atoms with Crippen LogP contribution in [0.25, 0.3) is 0 Å². The summed E-state index contributed by atoms with van der Waals surface area (Å²) < 4.78 is 11.2. The summed E-state index contributed by atoms with van der Waals surface area (Å²) >= 11 is 4.63. The van der Waals surface area contributed by atoms with E-state index in [4.69, 9.17) is 9.47 Å². The van der Waals surface area contributed by atoms with E-state index in [0.29, 0.717) is 28.4 Å². The van der Waals surface area contributed by atoms with E-state index in [1.807, 2.05) is 31.2 Å². The lowest BCUT2D eigenvalue weighted by molar-refractivity contribution is 0.0530. The Hall–Kier alpha value is -1.40. The summed E-state index contributed by atoms with van der Waals surface area (Å²) in [6, 6.07) is 7.80. The molecule has 1 heterocycles. The van der Waals surface area contributed by atoms with Gasteiger partial charge in [0.05, 0.1) is 18.9 Å². The highest BCUT2D eigenvalue weighted by Crippen LogP contribution is 2.26. The molecule has 1 aromatic carbocycles. The van der Waals surface area contributed by atoms with Gasteiger partial charge in [0.2, 0.25) is 0 Å². The van der Waals surface area contributed by atoms with Gasteiger partial charge in [-0.25, -0.2) is 9.78 Å². The predicted molar refractivity (Wildman–Crippen MR) is 86.2 cm³/mol. The summed E-state index contributed by atoms with van der Waals surface area (Å²) in [5.74, 6) is 0.521. The molecule has 0 unspecified atom stereocenters. The molecule has 0 amide bonds. The van der Waals surface area contributed by atoms with Crippen molar-refractivity contribution in [1.82, 2.24) is 4.98 Å². The Balaban J connectivity index is 2.17. The number of hydrogen-bond acceptors (Lipinski definition) is 5. The average Bonchev–Trinajstić information content (AvgIpc) is 2.82. The molecule has 0 N–H and O–H groups in total. The topological polar surface area (TPSA) is 48.4 Å². The highest BCUT2D eigenvalue weighted by atomic mass is 79.9. The maximum Gasteiger partial charge on any atom is 0.350 e. The first-order chi connectivity index (χ1) is 10.1. The summed E-state index contributed by atoms with van der Waals surface area (Å²) in [5, 5.41) is 0. The Labute approximate surface area is 136 Å².